The van der Waals surface area contributed by atoms with Crippen molar-refractivity contribution in [2.45, 2.75) is 24.8 Å². The van der Waals surface area contributed by atoms with Gasteiger partial charge in [-0.3, -0.25) is 9.52 Å². The summed E-state index contributed by atoms with van der Waals surface area (Å²) in [6.07, 6.45) is -1.15. The molecule has 8 nitrogen and oxygen atoms in total. The van der Waals surface area contributed by atoms with E-state index in [0.29, 0.717) is 5.69 Å². The van der Waals surface area contributed by atoms with Gasteiger partial charge in [0.1, 0.15) is 10.6 Å². The number of benzene rings is 2. The second kappa shape index (κ2) is 8.09. The largest absolute Gasteiger partial charge is 0.495 e. The highest BCUT2D eigenvalue weighted by Gasteiger charge is 2.23. The zero-order valence-corrected chi connectivity index (χ0v) is 15.9. The Bertz CT molecular complexity index is 954. The van der Waals surface area contributed by atoms with Crippen LogP contribution in [0.4, 0.5) is 5.69 Å². The number of primary amides is 1. The van der Waals surface area contributed by atoms with Crippen molar-refractivity contribution in [2.24, 2.45) is 5.73 Å². The van der Waals surface area contributed by atoms with Crippen molar-refractivity contribution in [3.63, 3.8) is 0 Å². The molecule has 0 heterocycles. The molecule has 2 aromatic carbocycles. The van der Waals surface area contributed by atoms with Gasteiger partial charge in [-0.15, -0.1) is 0 Å². The summed E-state index contributed by atoms with van der Waals surface area (Å²) in [6, 6.07) is 10.5. The number of sulfonamides is 1. The van der Waals surface area contributed by atoms with Gasteiger partial charge in [-0.05, 0) is 44.2 Å². The molecular weight excluding hydrogens is 372 g/mol. The first-order valence-electron chi connectivity index (χ1n) is 7.92. The molecule has 0 aliphatic heterocycles. The molecule has 0 radical (unpaired) electrons. The topological polar surface area (TPSA) is 125 Å². The Hall–Kier alpha value is -3.07. The number of carbonyl (C=O) groups excluding carboxylic acids is 2. The van der Waals surface area contributed by atoms with Crippen molar-refractivity contribution in [1.82, 2.24) is 0 Å². The van der Waals surface area contributed by atoms with Gasteiger partial charge in [0.2, 0.25) is 0 Å². The number of rotatable bonds is 7. The lowest BCUT2D eigenvalue weighted by atomic mass is 10.2. The third-order valence-electron chi connectivity index (χ3n) is 3.68. The summed E-state index contributed by atoms with van der Waals surface area (Å²) in [7, 11) is -2.73. The number of aryl methyl sites for hydroxylation is 1. The maximum Gasteiger partial charge on any atom is 0.338 e. The fourth-order valence-corrected chi connectivity index (χ4v) is 3.39. The molecule has 27 heavy (non-hydrogen) atoms. The molecule has 2 aromatic rings. The van der Waals surface area contributed by atoms with Gasteiger partial charge < -0.3 is 15.2 Å². The molecule has 3 N–H and O–H groups in total. The molecular formula is C18H20N2O6S. The first-order valence-corrected chi connectivity index (χ1v) is 9.40. The summed E-state index contributed by atoms with van der Waals surface area (Å²) in [5.41, 5.74) is 6.33. The molecule has 0 aromatic heterocycles. The maximum atomic E-state index is 12.8. The molecule has 0 saturated carbocycles. The second-order valence-electron chi connectivity index (χ2n) is 5.79. The monoisotopic (exact) mass is 392 g/mol. The van der Waals surface area contributed by atoms with E-state index in [1.165, 1.54) is 26.2 Å². The van der Waals surface area contributed by atoms with E-state index in [1.807, 2.05) is 6.92 Å². The summed E-state index contributed by atoms with van der Waals surface area (Å²) in [6.45, 7) is 3.20. The number of nitrogens with one attached hydrogen (secondary N) is 1. The van der Waals surface area contributed by atoms with Crippen molar-refractivity contribution >= 4 is 27.6 Å². The lowest BCUT2D eigenvalue weighted by Crippen LogP contribution is -2.30. The van der Waals surface area contributed by atoms with Crippen LogP contribution in [0.15, 0.2) is 47.4 Å². The van der Waals surface area contributed by atoms with Gasteiger partial charge in [0, 0.05) is 5.69 Å². The molecule has 9 heteroatoms. The first kappa shape index (κ1) is 20.2. The quantitative estimate of drug-likeness (QED) is 0.693. The SMILES string of the molecule is COc1ccc(C(=O)O[C@@H](C)C(N)=O)cc1S(=O)(=O)Nc1ccc(C)cc1. The smallest absolute Gasteiger partial charge is 0.338 e. The highest BCUT2D eigenvalue weighted by atomic mass is 32.2. The average molecular weight is 392 g/mol. The minimum absolute atomic E-state index is 0.0501. The van der Waals surface area contributed by atoms with Crippen molar-refractivity contribution in [3.8, 4) is 5.75 Å². The predicted octanol–water partition coefficient (Wildman–Crippen LogP) is 1.84. The molecule has 0 saturated heterocycles. The highest BCUT2D eigenvalue weighted by Crippen LogP contribution is 2.27. The lowest BCUT2D eigenvalue weighted by molar-refractivity contribution is -0.125. The first-order chi connectivity index (χ1) is 12.6. The van der Waals surface area contributed by atoms with Crippen LogP contribution >= 0.6 is 0 Å². The Morgan fingerprint density at radius 3 is 2.30 bits per heavy atom. The van der Waals surface area contributed by atoms with Gasteiger partial charge in [0.15, 0.2) is 6.10 Å². The number of anilines is 1. The number of ether oxygens (including phenoxy) is 2. The molecule has 0 spiro atoms. The fourth-order valence-electron chi connectivity index (χ4n) is 2.13. The predicted molar refractivity (Wildman–Crippen MR) is 99.1 cm³/mol. The molecule has 0 unspecified atom stereocenters. The van der Waals surface area contributed by atoms with Crippen LogP contribution in [0.1, 0.15) is 22.8 Å². The lowest BCUT2D eigenvalue weighted by Gasteiger charge is -2.14. The van der Waals surface area contributed by atoms with E-state index in [9.17, 15) is 18.0 Å². The van der Waals surface area contributed by atoms with E-state index >= 15 is 0 Å². The van der Waals surface area contributed by atoms with Crippen LogP contribution in [0.5, 0.6) is 5.75 Å². The molecule has 1 atom stereocenters. The van der Waals surface area contributed by atoms with E-state index in [2.05, 4.69) is 4.72 Å². The van der Waals surface area contributed by atoms with Crippen LogP contribution in [-0.2, 0) is 19.6 Å². The number of nitrogens with two attached hydrogens (primary N) is 1. The van der Waals surface area contributed by atoms with Gasteiger partial charge in [0.25, 0.3) is 15.9 Å². The van der Waals surface area contributed by atoms with Gasteiger partial charge in [-0.2, -0.15) is 0 Å². The normalized spacial score (nSPS) is 12.1. The Balaban J connectivity index is 2.37. The van der Waals surface area contributed by atoms with E-state index < -0.39 is 28.0 Å². The summed E-state index contributed by atoms with van der Waals surface area (Å²) >= 11 is 0. The minimum Gasteiger partial charge on any atom is -0.495 e. The second-order valence-corrected chi connectivity index (χ2v) is 7.44. The van der Waals surface area contributed by atoms with Crippen molar-refractivity contribution in [3.05, 3.63) is 53.6 Å². The number of amides is 1. The molecule has 1 amide bonds. The number of esters is 1. The van der Waals surface area contributed by atoms with Crippen LogP contribution in [0.2, 0.25) is 0 Å². The van der Waals surface area contributed by atoms with Gasteiger partial charge >= 0.3 is 5.97 Å². The van der Waals surface area contributed by atoms with Crippen LogP contribution in [0.3, 0.4) is 0 Å². The molecule has 2 rings (SSSR count). The van der Waals surface area contributed by atoms with Crippen LogP contribution in [0.25, 0.3) is 0 Å². The zero-order chi connectivity index (χ0) is 20.2. The Morgan fingerprint density at radius 2 is 1.74 bits per heavy atom. The zero-order valence-electron chi connectivity index (χ0n) is 15.1. The van der Waals surface area contributed by atoms with E-state index in [4.69, 9.17) is 15.2 Å². The van der Waals surface area contributed by atoms with Crippen LogP contribution in [0, 0.1) is 6.92 Å². The molecule has 0 bridgehead atoms. The Morgan fingerprint density at radius 1 is 1.11 bits per heavy atom. The van der Waals surface area contributed by atoms with Crippen molar-refractivity contribution < 1.29 is 27.5 Å². The van der Waals surface area contributed by atoms with Crippen LogP contribution < -0.4 is 15.2 Å². The van der Waals surface area contributed by atoms with Crippen molar-refractivity contribution in [1.29, 1.82) is 0 Å². The summed E-state index contributed by atoms with van der Waals surface area (Å²) in [4.78, 5) is 22.9. The Labute approximate surface area is 157 Å². The van der Waals surface area contributed by atoms with Crippen LogP contribution in [-0.4, -0.2) is 33.5 Å². The minimum atomic E-state index is -4.04. The molecule has 0 aliphatic rings. The van der Waals surface area contributed by atoms with Crippen molar-refractivity contribution in [2.75, 3.05) is 11.8 Å². The number of methoxy groups -OCH3 is 1. The fraction of sp³-hybridized carbons (Fsp3) is 0.222. The van der Waals surface area contributed by atoms with Gasteiger partial charge in [-0.25, -0.2) is 13.2 Å². The third kappa shape index (κ3) is 4.98. The summed E-state index contributed by atoms with van der Waals surface area (Å²) in [5.74, 6) is -1.64. The number of carbonyl (C=O) groups is 2. The average Bonchev–Trinajstić information content (AvgIpc) is 2.62. The van der Waals surface area contributed by atoms with E-state index in [1.54, 1.807) is 24.3 Å². The maximum absolute atomic E-state index is 12.8. The molecule has 0 fully saturated rings. The third-order valence-corrected chi connectivity index (χ3v) is 5.08. The molecule has 144 valence electrons. The number of hydrogen-bond donors (Lipinski definition) is 2. The summed E-state index contributed by atoms with van der Waals surface area (Å²) in [5, 5.41) is 0. The number of hydrogen-bond acceptors (Lipinski definition) is 6. The standard InChI is InChI=1S/C18H20N2O6S/c1-11-4-7-14(8-5-11)20-27(23,24)16-10-13(6-9-15(16)25-3)18(22)26-12(2)17(19)21/h4-10,12,20H,1-3H3,(H2,19,21)/t12-/m0/s1. The molecule has 0 aliphatic carbocycles. The van der Waals surface area contributed by atoms with E-state index in [0.717, 1.165) is 11.6 Å². The van der Waals surface area contributed by atoms with Gasteiger partial charge in [0.05, 0.1) is 12.7 Å². The Kier molecular flexibility index (Phi) is 6.06. The van der Waals surface area contributed by atoms with E-state index in [-0.39, 0.29) is 16.2 Å². The highest BCUT2D eigenvalue weighted by molar-refractivity contribution is 7.92. The summed E-state index contributed by atoms with van der Waals surface area (Å²) < 4.78 is 37.9. The van der Waals surface area contributed by atoms with Gasteiger partial charge in [-0.1, -0.05) is 17.7 Å².